The second-order valence-electron chi connectivity index (χ2n) is 6.84. The Morgan fingerprint density at radius 1 is 1.36 bits per heavy atom. The Morgan fingerprint density at radius 2 is 2.05 bits per heavy atom. The van der Waals surface area contributed by atoms with E-state index in [1.165, 1.54) is 12.3 Å². The number of carbonyl (C=O) groups is 1. The lowest BCUT2D eigenvalue weighted by molar-refractivity contribution is 0.0463. The van der Waals surface area contributed by atoms with E-state index in [9.17, 15) is 9.18 Å². The predicted molar refractivity (Wildman–Crippen MR) is 81.9 cm³/mol. The van der Waals surface area contributed by atoms with Crippen LogP contribution in [-0.2, 0) is 4.74 Å². The molecule has 1 amide bonds. The first-order valence-electron chi connectivity index (χ1n) is 7.59. The summed E-state index contributed by atoms with van der Waals surface area (Å²) in [6.07, 6.45) is 4.16. The van der Waals surface area contributed by atoms with Gasteiger partial charge in [-0.15, -0.1) is 0 Å². The third-order valence-electron chi connectivity index (χ3n) is 3.57. The highest BCUT2D eigenvalue weighted by molar-refractivity contribution is 5.68. The van der Waals surface area contributed by atoms with Crippen LogP contribution in [0.5, 0.6) is 0 Å². The summed E-state index contributed by atoms with van der Waals surface area (Å²) in [5.41, 5.74) is 0.341. The molecular formula is C16H24FN3O2. The molecule has 1 aromatic rings. The topological polar surface area (TPSA) is 63.2 Å². The third-order valence-corrected chi connectivity index (χ3v) is 3.57. The van der Waals surface area contributed by atoms with Crippen LogP contribution in [0.4, 0.5) is 9.18 Å². The maximum Gasteiger partial charge on any atom is 0.407 e. The Kier molecular flexibility index (Phi) is 5.01. The summed E-state index contributed by atoms with van der Waals surface area (Å²) < 4.78 is 18.4. The van der Waals surface area contributed by atoms with E-state index in [-0.39, 0.29) is 24.0 Å². The van der Waals surface area contributed by atoms with Crippen molar-refractivity contribution in [1.82, 2.24) is 15.6 Å². The highest BCUT2D eigenvalue weighted by Gasteiger charge is 2.32. The Bertz CT molecular complexity index is 524. The molecule has 1 atom stereocenters. The van der Waals surface area contributed by atoms with Crippen molar-refractivity contribution in [2.45, 2.75) is 64.3 Å². The number of ether oxygens (including phenoxy) is 1. The zero-order chi connectivity index (χ0) is 16.3. The first-order chi connectivity index (χ1) is 10.2. The van der Waals surface area contributed by atoms with E-state index < -0.39 is 5.60 Å². The molecule has 0 saturated heterocycles. The molecule has 1 aromatic heterocycles. The second kappa shape index (κ2) is 6.60. The standard InChI is InChI=1S/C16H24FN3O2/c1-10(11-5-12(17)9-18-8-11)19-13-6-14(7-13)20-15(21)22-16(2,3)4/h5,8-10,13-14,19H,6-7H2,1-4H3,(H,20,21). The van der Waals surface area contributed by atoms with E-state index in [4.69, 9.17) is 4.74 Å². The van der Waals surface area contributed by atoms with E-state index in [0.29, 0.717) is 6.04 Å². The van der Waals surface area contributed by atoms with Gasteiger partial charge in [-0.1, -0.05) is 0 Å². The maximum absolute atomic E-state index is 13.1. The molecule has 5 nitrogen and oxygen atoms in total. The van der Waals surface area contributed by atoms with Crippen LogP contribution in [-0.4, -0.2) is 28.8 Å². The fourth-order valence-electron chi connectivity index (χ4n) is 2.46. The minimum Gasteiger partial charge on any atom is -0.444 e. The average Bonchev–Trinajstić information content (AvgIpc) is 2.33. The third kappa shape index (κ3) is 4.94. The number of nitrogens with zero attached hydrogens (tertiary/aromatic N) is 1. The number of halogens is 1. The van der Waals surface area contributed by atoms with Gasteiger partial charge < -0.3 is 15.4 Å². The molecule has 1 unspecified atom stereocenters. The van der Waals surface area contributed by atoms with Gasteiger partial charge in [-0.3, -0.25) is 4.98 Å². The molecule has 2 rings (SSSR count). The SMILES string of the molecule is CC(NC1CC(NC(=O)OC(C)(C)C)C1)c1cncc(F)c1. The largest absolute Gasteiger partial charge is 0.444 e. The molecule has 1 aliphatic rings. The number of amides is 1. The number of aromatic nitrogens is 1. The van der Waals surface area contributed by atoms with Gasteiger partial charge in [0.1, 0.15) is 11.4 Å². The van der Waals surface area contributed by atoms with Gasteiger partial charge >= 0.3 is 6.09 Å². The number of nitrogens with one attached hydrogen (secondary N) is 2. The van der Waals surface area contributed by atoms with Crippen molar-refractivity contribution >= 4 is 6.09 Å². The Labute approximate surface area is 130 Å². The van der Waals surface area contributed by atoms with Crippen LogP contribution >= 0.6 is 0 Å². The first kappa shape index (κ1) is 16.7. The van der Waals surface area contributed by atoms with Crippen LogP contribution < -0.4 is 10.6 Å². The Balaban J connectivity index is 1.72. The summed E-state index contributed by atoms with van der Waals surface area (Å²) in [4.78, 5) is 15.5. The molecule has 1 saturated carbocycles. The lowest BCUT2D eigenvalue weighted by atomic mass is 9.86. The zero-order valence-electron chi connectivity index (χ0n) is 13.5. The van der Waals surface area contributed by atoms with Gasteiger partial charge in [-0.05, 0) is 52.2 Å². The van der Waals surface area contributed by atoms with Gasteiger partial charge in [0.05, 0.1) is 6.20 Å². The number of hydrogen-bond donors (Lipinski definition) is 2. The molecule has 0 spiro atoms. The van der Waals surface area contributed by atoms with Gasteiger partial charge in [0.2, 0.25) is 0 Å². The molecule has 2 N–H and O–H groups in total. The number of hydrogen-bond acceptors (Lipinski definition) is 4. The minimum absolute atomic E-state index is 0.0238. The van der Waals surface area contributed by atoms with Gasteiger partial charge in [0.25, 0.3) is 0 Å². The van der Waals surface area contributed by atoms with Crippen LogP contribution in [0, 0.1) is 5.82 Å². The van der Waals surface area contributed by atoms with Crippen molar-refractivity contribution in [3.63, 3.8) is 0 Å². The van der Waals surface area contributed by atoms with E-state index in [0.717, 1.165) is 18.4 Å². The van der Waals surface area contributed by atoms with Gasteiger partial charge in [0.15, 0.2) is 0 Å². The highest BCUT2D eigenvalue weighted by Crippen LogP contribution is 2.24. The molecule has 6 heteroatoms. The summed E-state index contributed by atoms with van der Waals surface area (Å²) >= 11 is 0. The summed E-state index contributed by atoms with van der Waals surface area (Å²) in [6.45, 7) is 7.50. The van der Waals surface area contributed by atoms with E-state index >= 15 is 0 Å². The lowest BCUT2D eigenvalue weighted by Gasteiger charge is -2.38. The lowest BCUT2D eigenvalue weighted by Crippen LogP contribution is -2.53. The van der Waals surface area contributed by atoms with E-state index in [1.807, 2.05) is 27.7 Å². The van der Waals surface area contributed by atoms with Crippen LogP contribution in [0.1, 0.15) is 52.1 Å². The number of alkyl carbamates (subject to hydrolysis) is 1. The van der Waals surface area contributed by atoms with Crippen LogP contribution in [0.15, 0.2) is 18.5 Å². The summed E-state index contributed by atoms with van der Waals surface area (Å²) in [6, 6.07) is 1.94. The van der Waals surface area contributed by atoms with Crippen molar-refractivity contribution in [3.8, 4) is 0 Å². The van der Waals surface area contributed by atoms with Gasteiger partial charge in [0, 0.05) is 24.3 Å². The summed E-state index contributed by atoms with van der Waals surface area (Å²) in [7, 11) is 0. The molecule has 0 bridgehead atoms. The quantitative estimate of drug-likeness (QED) is 0.897. The fraction of sp³-hybridized carbons (Fsp3) is 0.625. The summed E-state index contributed by atoms with van der Waals surface area (Å²) in [5.74, 6) is -0.329. The molecule has 122 valence electrons. The monoisotopic (exact) mass is 309 g/mol. The fourth-order valence-corrected chi connectivity index (χ4v) is 2.46. The average molecular weight is 309 g/mol. The Hall–Kier alpha value is -1.69. The van der Waals surface area contributed by atoms with Crippen molar-refractivity contribution < 1.29 is 13.9 Å². The molecule has 22 heavy (non-hydrogen) atoms. The van der Waals surface area contributed by atoms with Crippen LogP contribution in [0.2, 0.25) is 0 Å². The number of carbonyl (C=O) groups excluding carboxylic acids is 1. The smallest absolute Gasteiger partial charge is 0.407 e. The highest BCUT2D eigenvalue weighted by atomic mass is 19.1. The van der Waals surface area contributed by atoms with Crippen molar-refractivity contribution in [3.05, 3.63) is 29.8 Å². The molecule has 1 fully saturated rings. The molecule has 0 aliphatic heterocycles. The second-order valence-corrected chi connectivity index (χ2v) is 6.84. The molecule has 1 heterocycles. The van der Waals surface area contributed by atoms with Crippen LogP contribution in [0.25, 0.3) is 0 Å². The normalized spacial score (nSPS) is 22.6. The minimum atomic E-state index is -0.482. The Morgan fingerprint density at radius 3 is 2.64 bits per heavy atom. The van der Waals surface area contributed by atoms with Gasteiger partial charge in [-0.25, -0.2) is 9.18 Å². The van der Waals surface area contributed by atoms with E-state index in [1.54, 1.807) is 6.20 Å². The molecule has 0 aromatic carbocycles. The van der Waals surface area contributed by atoms with Gasteiger partial charge in [-0.2, -0.15) is 0 Å². The predicted octanol–water partition coefficient (Wildman–Crippen LogP) is 2.93. The zero-order valence-corrected chi connectivity index (χ0v) is 13.5. The van der Waals surface area contributed by atoms with E-state index in [2.05, 4.69) is 15.6 Å². The van der Waals surface area contributed by atoms with Crippen molar-refractivity contribution in [2.24, 2.45) is 0 Å². The van der Waals surface area contributed by atoms with Crippen molar-refractivity contribution in [1.29, 1.82) is 0 Å². The first-order valence-corrected chi connectivity index (χ1v) is 7.59. The number of pyridine rings is 1. The molecule has 0 radical (unpaired) electrons. The van der Waals surface area contributed by atoms with Crippen LogP contribution in [0.3, 0.4) is 0 Å². The molecular weight excluding hydrogens is 285 g/mol. The molecule has 1 aliphatic carbocycles. The van der Waals surface area contributed by atoms with Crippen molar-refractivity contribution in [2.75, 3.05) is 0 Å². The summed E-state index contributed by atoms with van der Waals surface area (Å²) in [5, 5.41) is 6.26. The number of rotatable bonds is 4. The maximum atomic E-state index is 13.1.